The van der Waals surface area contributed by atoms with Gasteiger partial charge in [0, 0.05) is 7.11 Å². The highest BCUT2D eigenvalue weighted by Gasteiger charge is 2.46. The summed E-state index contributed by atoms with van der Waals surface area (Å²) in [6, 6.07) is 0. The van der Waals surface area contributed by atoms with Crippen LogP contribution >= 0.6 is 0 Å². The molecule has 23 heavy (non-hydrogen) atoms. The molecule has 2 aliphatic rings. The molecule has 2 saturated heterocycles. The van der Waals surface area contributed by atoms with Crippen LogP contribution in [0.25, 0.3) is 0 Å². The van der Waals surface area contributed by atoms with E-state index >= 15 is 0 Å². The molecule has 0 amide bonds. The predicted molar refractivity (Wildman–Crippen MR) is 75.3 cm³/mol. The summed E-state index contributed by atoms with van der Waals surface area (Å²) in [4.78, 5) is 0. The van der Waals surface area contributed by atoms with Crippen molar-refractivity contribution in [2.45, 2.75) is 61.9 Å². The van der Waals surface area contributed by atoms with E-state index in [0.29, 0.717) is 0 Å². The van der Waals surface area contributed by atoms with Crippen LogP contribution in [-0.4, -0.2) is 100.0 Å². The maximum absolute atomic E-state index is 10.1. The molecule has 0 aliphatic carbocycles. The van der Waals surface area contributed by atoms with Gasteiger partial charge in [-0.3, -0.25) is 0 Å². The molecule has 9 atom stereocenters. The molecular weight excluding hydrogens is 312 g/mol. The van der Waals surface area contributed by atoms with Gasteiger partial charge in [0.05, 0.1) is 25.4 Å². The van der Waals surface area contributed by atoms with Crippen molar-refractivity contribution in [3.8, 4) is 0 Å². The van der Waals surface area contributed by atoms with E-state index in [9.17, 15) is 30.6 Å². The van der Waals surface area contributed by atoms with E-state index in [1.165, 1.54) is 7.11 Å². The second kappa shape index (κ2) is 8.15. The number of methoxy groups -OCH3 is 1. The second-order valence-electron chi connectivity index (χ2n) is 6.13. The SMILES string of the molecule is CO[C@H]1O[C@H](CO)[C@@H](C[C@H]2O[C@H](CO)[C@@H](O)[C@H](O)[C@H]2O)C[C@H]1O. The summed E-state index contributed by atoms with van der Waals surface area (Å²) in [6.45, 7) is -0.797. The van der Waals surface area contributed by atoms with E-state index < -0.39 is 55.6 Å². The Balaban J connectivity index is 2.04. The minimum Gasteiger partial charge on any atom is -0.394 e. The lowest BCUT2D eigenvalue weighted by Gasteiger charge is -2.44. The van der Waals surface area contributed by atoms with E-state index in [4.69, 9.17) is 14.2 Å². The zero-order valence-corrected chi connectivity index (χ0v) is 12.9. The third-order valence-corrected chi connectivity index (χ3v) is 4.63. The summed E-state index contributed by atoms with van der Waals surface area (Å²) in [5, 5.41) is 58.3. The molecule has 0 aromatic heterocycles. The van der Waals surface area contributed by atoms with Crippen molar-refractivity contribution < 1.29 is 44.8 Å². The van der Waals surface area contributed by atoms with Crippen LogP contribution in [0.2, 0.25) is 0 Å². The third-order valence-electron chi connectivity index (χ3n) is 4.63. The summed E-state index contributed by atoms with van der Waals surface area (Å²) < 4.78 is 15.9. The van der Waals surface area contributed by atoms with Crippen molar-refractivity contribution in [2.24, 2.45) is 5.92 Å². The van der Waals surface area contributed by atoms with Crippen molar-refractivity contribution in [1.29, 1.82) is 0 Å². The maximum Gasteiger partial charge on any atom is 0.183 e. The van der Waals surface area contributed by atoms with Gasteiger partial charge < -0.3 is 44.8 Å². The fraction of sp³-hybridized carbons (Fsp3) is 1.00. The Hall–Kier alpha value is -0.360. The third kappa shape index (κ3) is 4.01. The quantitative estimate of drug-likeness (QED) is 0.307. The van der Waals surface area contributed by atoms with Crippen molar-refractivity contribution >= 4 is 0 Å². The molecule has 136 valence electrons. The summed E-state index contributed by atoms with van der Waals surface area (Å²) in [5.41, 5.74) is 0. The van der Waals surface area contributed by atoms with Crippen LogP contribution in [0, 0.1) is 5.92 Å². The topological polar surface area (TPSA) is 149 Å². The van der Waals surface area contributed by atoms with Gasteiger partial charge in [-0.2, -0.15) is 0 Å². The van der Waals surface area contributed by atoms with E-state index in [1.807, 2.05) is 0 Å². The Morgan fingerprint density at radius 1 is 0.870 bits per heavy atom. The summed E-state index contributed by atoms with van der Waals surface area (Å²) >= 11 is 0. The first-order chi connectivity index (χ1) is 10.9. The fourth-order valence-corrected chi connectivity index (χ4v) is 3.27. The zero-order valence-electron chi connectivity index (χ0n) is 12.9. The molecule has 9 nitrogen and oxygen atoms in total. The molecule has 0 unspecified atom stereocenters. The zero-order chi connectivity index (χ0) is 17.1. The van der Waals surface area contributed by atoms with Crippen LogP contribution in [0.15, 0.2) is 0 Å². The van der Waals surface area contributed by atoms with Crippen LogP contribution < -0.4 is 0 Å². The van der Waals surface area contributed by atoms with Gasteiger partial charge in [-0.1, -0.05) is 0 Å². The van der Waals surface area contributed by atoms with E-state index in [-0.39, 0.29) is 25.4 Å². The fourth-order valence-electron chi connectivity index (χ4n) is 3.27. The Bertz CT molecular complexity index is 366. The Labute approximate surface area is 134 Å². The number of aliphatic hydroxyl groups is 6. The van der Waals surface area contributed by atoms with Gasteiger partial charge in [0.15, 0.2) is 6.29 Å². The van der Waals surface area contributed by atoms with Gasteiger partial charge >= 0.3 is 0 Å². The monoisotopic (exact) mass is 338 g/mol. The molecule has 2 rings (SSSR count). The lowest BCUT2D eigenvalue weighted by molar-refractivity contribution is -0.265. The van der Waals surface area contributed by atoms with Gasteiger partial charge in [-0.25, -0.2) is 0 Å². The van der Waals surface area contributed by atoms with Crippen molar-refractivity contribution in [2.75, 3.05) is 20.3 Å². The van der Waals surface area contributed by atoms with Crippen LogP contribution in [0.5, 0.6) is 0 Å². The van der Waals surface area contributed by atoms with Gasteiger partial charge in [0.25, 0.3) is 0 Å². The highest BCUT2D eigenvalue weighted by atomic mass is 16.7. The Kier molecular flexibility index (Phi) is 6.72. The first-order valence-corrected chi connectivity index (χ1v) is 7.70. The minimum absolute atomic E-state index is 0.181. The molecule has 2 aliphatic heterocycles. The van der Waals surface area contributed by atoms with E-state index in [1.54, 1.807) is 0 Å². The highest BCUT2D eigenvalue weighted by Crippen LogP contribution is 2.33. The molecule has 0 saturated carbocycles. The number of hydrogen-bond donors (Lipinski definition) is 6. The molecule has 0 spiro atoms. The number of aliphatic hydroxyl groups excluding tert-OH is 6. The van der Waals surface area contributed by atoms with Crippen LogP contribution in [-0.2, 0) is 14.2 Å². The standard InChI is InChI=1S/C14H26O9/c1-21-14-7(17)2-6(9(4-15)23-14)3-8-11(18)13(20)12(19)10(5-16)22-8/h6-20H,2-5H2,1H3/t6-,7-,8-,9-,10-,11+,12-,13-,14+/m1/s1. The average Bonchev–Trinajstić information content (AvgIpc) is 2.55. The molecule has 2 fully saturated rings. The number of ether oxygens (including phenoxy) is 3. The Morgan fingerprint density at radius 2 is 1.48 bits per heavy atom. The number of rotatable bonds is 5. The minimum atomic E-state index is -1.44. The largest absolute Gasteiger partial charge is 0.394 e. The van der Waals surface area contributed by atoms with Gasteiger partial charge in [-0.05, 0) is 18.8 Å². The Morgan fingerprint density at radius 3 is 2.04 bits per heavy atom. The van der Waals surface area contributed by atoms with Gasteiger partial charge in [0.1, 0.15) is 30.5 Å². The van der Waals surface area contributed by atoms with Crippen LogP contribution in [0.4, 0.5) is 0 Å². The summed E-state index contributed by atoms with van der Waals surface area (Å²) in [5.74, 6) is -0.345. The molecule has 9 heteroatoms. The van der Waals surface area contributed by atoms with Crippen molar-refractivity contribution in [3.05, 3.63) is 0 Å². The van der Waals surface area contributed by atoms with Gasteiger partial charge in [0.2, 0.25) is 0 Å². The maximum atomic E-state index is 10.1. The smallest absolute Gasteiger partial charge is 0.183 e. The molecule has 2 heterocycles. The summed E-state index contributed by atoms with van der Waals surface area (Å²) in [7, 11) is 1.39. The molecule has 0 radical (unpaired) electrons. The average molecular weight is 338 g/mol. The lowest BCUT2D eigenvalue weighted by atomic mass is 9.83. The van der Waals surface area contributed by atoms with Crippen molar-refractivity contribution in [3.63, 3.8) is 0 Å². The number of hydrogen-bond acceptors (Lipinski definition) is 9. The molecule has 0 bridgehead atoms. The predicted octanol–water partition coefficient (Wildman–Crippen LogP) is -3.05. The van der Waals surface area contributed by atoms with Gasteiger partial charge in [-0.15, -0.1) is 0 Å². The summed E-state index contributed by atoms with van der Waals surface area (Å²) in [6.07, 6.45) is -7.94. The van der Waals surface area contributed by atoms with Crippen molar-refractivity contribution in [1.82, 2.24) is 0 Å². The van der Waals surface area contributed by atoms with E-state index in [0.717, 1.165) is 0 Å². The second-order valence-corrected chi connectivity index (χ2v) is 6.13. The first-order valence-electron chi connectivity index (χ1n) is 7.70. The lowest BCUT2D eigenvalue weighted by Crippen LogP contribution is -2.59. The molecule has 0 aromatic rings. The first kappa shape index (κ1) is 19.0. The van der Waals surface area contributed by atoms with E-state index in [2.05, 4.69) is 0 Å². The van der Waals surface area contributed by atoms with Crippen LogP contribution in [0.3, 0.4) is 0 Å². The highest BCUT2D eigenvalue weighted by molar-refractivity contribution is 4.94. The molecular formula is C14H26O9. The van der Waals surface area contributed by atoms with Crippen LogP contribution in [0.1, 0.15) is 12.8 Å². The molecule has 0 aromatic carbocycles. The molecule has 6 N–H and O–H groups in total. The normalized spacial score (nSPS) is 48.4.